The largest absolute Gasteiger partial charge is 0.0776 e. The van der Waals surface area contributed by atoms with E-state index in [1.54, 1.807) is 0 Å². The second kappa shape index (κ2) is 11.5. The Hall–Kier alpha value is -3.12. The highest BCUT2D eigenvalue weighted by Gasteiger charge is 2.38. The van der Waals surface area contributed by atoms with Crippen LogP contribution in [0.1, 0.15) is 74.4 Å². The van der Waals surface area contributed by atoms with Gasteiger partial charge < -0.3 is 0 Å². The summed E-state index contributed by atoms with van der Waals surface area (Å²) in [5.41, 5.74) is 7.58. The predicted octanol–water partition coefficient (Wildman–Crippen LogP) is 9.16. The fourth-order valence-electron chi connectivity index (χ4n) is 4.56. The fraction of sp³-hybridized carbons (Fsp3) is 0.250. The molecule has 0 N–H and O–H groups in total. The van der Waals surface area contributed by atoms with Crippen molar-refractivity contribution < 1.29 is 0 Å². The molecule has 0 aliphatic heterocycles. The monoisotopic (exact) mass is 422 g/mol. The quantitative estimate of drug-likeness (QED) is 0.281. The van der Waals surface area contributed by atoms with Crippen LogP contribution in [0.2, 0.25) is 0 Å². The zero-order valence-corrected chi connectivity index (χ0v) is 19.5. The van der Waals surface area contributed by atoms with Gasteiger partial charge in [0.05, 0.1) is 5.41 Å². The first-order valence-electron chi connectivity index (χ1n) is 11.4. The standard InChI is InChI=1S/C29H28.C2H6.CH4/c1-22(2)28-21-27(20-19-23(28)3)29(24-13-7-4-8-14-24,25-15-9-5-10-16-25)26-17-11-6-12-18-26;1-2;/h4-22H,1-3H3;1-2H3;1H4. The average molecular weight is 423 g/mol. The van der Waals surface area contributed by atoms with E-state index in [9.17, 15) is 0 Å². The van der Waals surface area contributed by atoms with E-state index in [0.717, 1.165) is 0 Å². The molecule has 0 aromatic heterocycles. The van der Waals surface area contributed by atoms with Crippen molar-refractivity contribution in [2.24, 2.45) is 0 Å². The van der Waals surface area contributed by atoms with Gasteiger partial charge in [0.25, 0.3) is 0 Å². The minimum absolute atomic E-state index is 0. The van der Waals surface area contributed by atoms with Gasteiger partial charge in [0.2, 0.25) is 0 Å². The molecule has 0 saturated heterocycles. The fourth-order valence-corrected chi connectivity index (χ4v) is 4.56. The van der Waals surface area contributed by atoms with Gasteiger partial charge in [-0.05, 0) is 46.2 Å². The van der Waals surface area contributed by atoms with Crippen LogP contribution >= 0.6 is 0 Å². The topological polar surface area (TPSA) is 0 Å². The van der Waals surface area contributed by atoms with Crippen molar-refractivity contribution in [3.8, 4) is 0 Å². The van der Waals surface area contributed by atoms with Gasteiger partial charge >= 0.3 is 0 Å². The molecule has 0 bridgehead atoms. The molecule has 0 unspecified atom stereocenters. The van der Waals surface area contributed by atoms with Gasteiger partial charge in [0.1, 0.15) is 0 Å². The Balaban J connectivity index is 0.00000118. The molecule has 0 heteroatoms. The molecular formula is C32H38. The van der Waals surface area contributed by atoms with Crippen molar-refractivity contribution in [2.75, 3.05) is 0 Å². The third-order valence-electron chi connectivity index (χ3n) is 5.95. The maximum Gasteiger partial charge on any atom is 0.0701 e. The first kappa shape index (κ1) is 25.1. The summed E-state index contributed by atoms with van der Waals surface area (Å²) in [7, 11) is 0. The molecule has 166 valence electrons. The zero-order chi connectivity index (χ0) is 22.3. The number of hydrogen-bond donors (Lipinski definition) is 0. The van der Waals surface area contributed by atoms with E-state index in [1.807, 2.05) is 13.8 Å². The maximum atomic E-state index is 2.42. The highest BCUT2D eigenvalue weighted by Crippen LogP contribution is 2.45. The van der Waals surface area contributed by atoms with Crippen LogP contribution in [0.4, 0.5) is 0 Å². The lowest BCUT2D eigenvalue weighted by Crippen LogP contribution is -2.31. The van der Waals surface area contributed by atoms with Crippen LogP contribution in [0.25, 0.3) is 0 Å². The van der Waals surface area contributed by atoms with E-state index < -0.39 is 0 Å². The van der Waals surface area contributed by atoms with Gasteiger partial charge in [-0.25, -0.2) is 0 Å². The molecule has 4 aromatic carbocycles. The van der Waals surface area contributed by atoms with Crippen LogP contribution in [-0.2, 0) is 5.41 Å². The lowest BCUT2D eigenvalue weighted by molar-refractivity contribution is 0.737. The number of benzene rings is 4. The van der Waals surface area contributed by atoms with E-state index in [1.165, 1.54) is 33.4 Å². The smallest absolute Gasteiger partial charge is 0.0701 e. The SMILES string of the molecule is C.CC.Cc1ccc(C(c2ccccc2)(c2ccccc2)c2ccccc2)cc1C(C)C. The van der Waals surface area contributed by atoms with Gasteiger partial charge in [-0.15, -0.1) is 0 Å². The molecule has 4 rings (SSSR count). The van der Waals surface area contributed by atoms with Crippen molar-refractivity contribution in [1.82, 2.24) is 0 Å². The van der Waals surface area contributed by atoms with E-state index in [4.69, 9.17) is 0 Å². The van der Waals surface area contributed by atoms with Gasteiger partial charge in [-0.1, -0.05) is 144 Å². The first-order valence-corrected chi connectivity index (χ1v) is 11.4. The Morgan fingerprint density at radius 1 is 0.531 bits per heavy atom. The molecule has 0 aliphatic rings. The van der Waals surface area contributed by atoms with Crippen molar-refractivity contribution in [2.45, 2.75) is 53.4 Å². The molecule has 0 aliphatic carbocycles. The van der Waals surface area contributed by atoms with E-state index >= 15 is 0 Å². The first-order chi connectivity index (χ1) is 15.1. The Kier molecular flexibility index (Phi) is 9.02. The lowest BCUT2D eigenvalue weighted by Gasteiger charge is -2.37. The molecule has 0 heterocycles. The Labute approximate surface area is 196 Å². The molecule has 0 saturated carbocycles. The Morgan fingerprint density at radius 2 is 0.906 bits per heavy atom. The van der Waals surface area contributed by atoms with Crippen LogP contribution in [0, 0.1) is 6.92 Å². The highest BCUT2D eigenvalue weighted by atomic mass is 14.4. The Bertz CT molecular complexity index is 964. The second-order valence-corrected chi connectivity index (χ2v) is 8.07. The van der Waals surface area contributed by atoms with Crippen LogP contribution in [0.3, 0.4) is 0 Å². The van der Waals surface area contributed by atoms with Crippen molar-refractivity contribution in [1.29, 1.82) is 0 Å². The third kappa shape index (κ3) is 4.70. The summed E-state index contributed by atoms with van der Waals surface area (Å²) >= 11 is 0. The van der Waals surface area contributed by atoms with E-state index in [0.29, 0.717) is 5.92 Å². The molecule has 0 amide bonds. The van der Waals surface area contributed by atoms with Gasteiger partial charge in [0.15, 0.2) is 0 Å². The van der Waals surface area contributed by atoms with Crippen LogP contribution in [0.15, 0.2) is 109 Å². The summed E-state index contributed by atoms with van der Waals surface area (Å²) in [6.45, 7) is 10.8. The number of aryl methyl sites for hydroxylation is 1. The van der Waals surface area contributed by atoms with Crippen molar-refractivity contribution in [3.63, 3.8) is 0 Å². The number of rotatable bonds is 5. The highest BCUT2D eigenvalue weighted by molar-refractivity contribution is 5.60. The van der Waals surface area contributed by atoms with E-state index in [2.05, 4.69) is 130 Å². The van der Waals surface area contributed by atoms with Gasteiger partial charge in [-0.2, -0.15) is 0 Å². The van der Waals surface area contributed by atoms with Crippen molar-refractivity contribution >= 4 is 0 Å². The minimum Gasteiger partial charge on any atom is -0.0776 e. The third-order valence-corrected chi connectivity index (χ3v) is 5.95. The van der Waals surface area contributed by atoms with Crippen LogP contribution in [0.5, 0.6) is 0 Å². The zero-order valence-electron chi connectivity index (χ0n) is 19.5. The molecule has 4 aromatic rings. The summed E-state index contributed by atoms with van der Waals surface area (Å²) in [5, 5.41) is 0. The molecule has 0 spiro atoms. The Morgan fingerprint density at radius 3 is 1.25 bits per heavy atom. The normalized spacial score (nSPS) is 10.7. The molecule has 32 heavy (non-hydrogen) atoms. The average Bonchev–Trinajstić information content (AvgIpc) is 2.84. The second-order valence-electron chi connectivity index (χ2n) is 8.07. The predicted molar refractivity (Wildman–Crippen MR) is 142 cm³/mol. The van der Waals surface area contributed by atoms with Gasteiger partial charge in [0, 0.05) is 0 Å². The van der Waals surface area contributed by atoms with E-state index in [-0.39, 0.29) is 12.8 Å². The molecular weight excluding hydrogens is 384 g/mol. The summed E-state index contributed by atoms with van der Waals surface area (Å²) < 4.78 is 0. The summed E-state index contributed by atoms with van der Waals surface area (Å²) in [4.78, 5) is 0. The number of hydrogen-bond acceptors (Lipinski definition) is 0. The minimum atomic E-state index is -0.360. The van der Waals surface area contributed by atoms with Crippen LogP contribution < -0.4 is 0 Å². The molecule has 0 fully saturated rings. The lowest BCUT2D eigenvalue weighted by atomic mass is 9.64. The van der Waals surface area contributed by atoms with Crippen molar-refractivity contribution in [3.05, 3.63) is 143 Å². The summed E-state index contributed by atoms with van der Waals surface area (Å²) in [5.74, 6) is 0.481. The molecule has 0 nitrogen and oxygen atoms in total. The molecule has 0 radical (unpaired) electrons. The summed E-state index contributed by atoms with van der Waals surface area (Å²) in [6.07, 6.45) is 0. The summed E-state index contributed by atoms with van der Waals surface area (Å²) in [6, 6.07) is 39.7. The maximum absolute atomic E-state index is 2.42. The van der Waals surface area contributed by atoms with Gasteiger partial charge in [-0.3, -0.25) is 0 Å². The van der Waals surface area contributed by atoms with Crippen LogP contribution in [-0.4, -0.2) is 0 Å². The molecule has 0 atom stereocenters.